The van der Waals surface area contributed by atoms with E-state index in [-0.39, 0.29) is 6.61 Å². The Morgan fingerprint density at radius 2 is 2.44 bits per heavy atom. The molecule has 3 N–H and O–H groups in total. The molecule has 1 fully saturated rings. The third-order valence-corrected chi connectivity index (χ3v) is 3.19. The summed E-state index contributed by atoms with van der Waals surface area (Å²) in [6.45, 7) is 2.25. The average molecular weight is 224 g/mol. The molecule has 5 heteroatoms. The van der Waals surface area contributed by atoms with Crippen molar-refractivity contribution in [3.63, 3.8) is 0 Å². The largest absolute Gasteiger partial charge is 0.396 e. The third kappa shape index (κ3) is 2.29. The number of hydrogen-bond donors (Lipinski definition) is 2. The second kappa shape index (κ2) is 4.74. The SMILES string of the molecule is Cn1cc(N)c(N2CCCC(CCO)C2)n1. The van der Waals surface area contributed by atoms with Gasteiger partial charge in [-0.1, -0.05) is 0 Å². The number of nitrogens with zero attached hydrogens (tertiary/aromatic N) is 3. The topological polar surface area (TPSA) is 67.3 Å². The lowest BCUT2D eigenvalue weighted by Gasteiger charge is -2.32. The normalized spacial score (nSPS) is 21.4. The van der Waals surface area contributed by atoms with E-state index in [1.54, 1.807) is 4.68 Å². The molecule has 1 saturated heterocycles. The Labute approximate surface area is 95.8 Å². The molecule has 1 aliphatic rings. The molecule has 1 unspecified atom stereocenters. The van der Waals surface area contributed by atoms with E-state index >= 15 is 0 Å². The number of aliphatic hydroxyl groups is 1. The van der Waals surface area contributed by atoms with E-state index in [1.165, 1.54) is 6.42 Å². The molecule has 16 heavy (non-hydrogen) atoms. The first kappa shape index (κ1) is 11.3. The number of hydrogen-bond acceptors (Lipinski definition) is 4. The first-order valence-corrected chi connectivity index (χ1v) is 5.85. The highest BCUT2D eigenvalue weighted by Gasteiger charge is 2.22. The first-order chi connectivity index (χ1) is 7.70. The van der Waals surface area contributed by atoms with Crippen LogP contribution >= 0.6 is 0 Å². The predicted molar refractivity (Wildman–Crippen MR) is 64.3 cm³/mol. The highest BCUT2D eigenvalue weighted by atomic mass is 16.3. The van der Waals surface area contributed by atoms with Crippen LogP contribution in [0, 0.1) is 5.92 Å². The van der Waals surface area contributed by atoms with Gasteiger partial charge in [0.05, 0.1) is 5.69 Å². The van der Waals surface area contributed by atoms with Crippen molar-refractivity contribution < 1.29 is 5.11 Å². The summed E-state index contributed by atoms with van der Waals surface area (Å²) < 4.78 is 1.75. The summed E-state index contributed by atoms with van der Waals surface area (Å²) >= 11 is 0. The molecule has 2 heterocycles. The summed E-state index contributed by atoms with van der Waals surface area (Å²) in [5.41, 5.74) is 6.66. The number of rotatable bonds is 3. The van der Waals surface area contributed by atoms with E-state index in [4.69, 9.17) is 10.8 Å². The summed E-state index contributed by atoms with van der Waals surface area (Å²) in [5, 5.41) is 13.4. The van der Waals surface area contributed by atoms with Gasteiger partial charge in [-0.15, -0.1) is 0 Å². The quantitative estimate of drug-likeness (QED) is 0.789. The Morgan fingerprint density at radius 1 is 1.62 bits per heavy atom. The Morgan fingerprint density at radius 3 is 3.06 bits per heavy atom. The minimum Gasteiger partial charge on any atom is -0.396 e. The Kier molecular flexibility index (Phi) is 3.33. The molecule has 0 amide bonds. The standard InChI is InChI=1S/C11H20N4O/c1-14-8-10(12)11(13-14)15-5-2-3-9(7-15)4-6-16/h8-9,16H,2-7,12H2,1H3. The van der Waals surface area contributed by atoms with E-state index < -0.39 is 0 Å². The number of nitrogen functional groups attached to an aromatic ring is 1. The van der Waals surface area contributed by atoms with E-state index in [0.717, 1.165) is 37.4 Å². The van der Waals surface area contributed by atoms with Gasteiger partial charge in [0.1, 0.15) is 0 Å². The van der Waals surface area contributed by atoms with Crippen molar-refractivity contribution >= 4 is 11.5 Å². The van der Waals surface area contributed by atoms with Gasteiger partial charge in [0.15, 0.2) is 5.82 Å². The molecule has 2 rings (SSSR count). The van der Waals surface area contributed by atoms with Gasteiger partial charge in [-0.25, -0.2) is 0 Å². The molecule has 90 valence electrons. The van der Waals surface area contributed by atoms with Crippen LogP contribution in [-0.2, 0) is 7.05 Å². The number of nitrogens with two attached hydrogens (primary N) is 1. The zero-order chi connectivity index (χ0) is 11.5. The maximum absolute atomic E-state index is 8.97. The molecule has 5 nitrogen and oxygen atoms in total. The van der Waals surface area contributed by atoms with Crippen LogP contribution in [0.4, 0.5) is 11.5 Å². The fraction of sp³-hybridized carbons (Fsp3) is 0.727. The zero-order valence-electron chi connectivity index (χ0n) is 9.76. The summed E-state index contributed by atoms with van der Waals surface area (Å²) in [7, 11) is 1.88. The van der Waals surface area contributed by atoms with Crippen molar-refractivity contribution in [2.24, 2.45) is 13.0 Å². The van der Waals surface area contributed by atoms with Crippen LogP contribution in [0.15, 0.2) is 6.20 Å². The fourth-order valence-electron chi connectivity index (χ4n) is 2.42. The van der Waals surface area contributed by atoms with Crippen molar-refractivity contribution in [1.82, 2.24) is 9.78 Å². The van der Waals surface area contributed by atoms with Gasteiger partial charge >= 0.3 is 0 Å². The van der Waals surface area contributed by atoms with Gasteiger partial charge in [0, 0.05) is 32.9 Å². The number of aliphatic hydroxyl groups excluding tert-OH is 1. The average Bonchev–Trinajstić information content (AvgIpc) is 2.59. The predicted octanol–water partition coefficient (Wildman–Crippen LogP) is 0.601. The number of anilines is 2. The lowest BCUT2D eigenvalue weighted by atomic mass is 9.95. The lowest BCUT2D eigenvalue weighted by molar-refractivity contribution is 0.244. The molecule has 1 atom stereocenters. The van der Waals surface area contributed by atoms with Gasteiger partial charge in [-0.05, 0) is 25.2 Å². The van der Waals surface area contributed by atoms with Gasteiger partial charge in [0.25, 0.3) is 0 Å². The molecular weight excluding hydrogens is 204 g/mol. The van der Waals surface area contributed by atoms with Crippen LogP contribution in [0.25, 0.3) is 0 Å². The summed E-state index contributed by atoms with van der Waals surface area (Å²) in [6.07, 6.45) is 5.07. The van der Waals surface area contributed by atoms with Gasteiger partial charge in [-0.3, -0.25) is 4.68 Å². The number of aromatic nitrogens is 2. The van der Waals surface area contributed by atoms with E-state index in [9.17, 15) is 0 Å². The van der Waals surface area contributed by atoms with Crippen LogP contribution < -0.4 is 10.6 Å². The molecule has 0 aromatic carbocycles. The summed E-state index contributed by atoms with van der Waals surface area (Å²) in [4.78, 5) is 2.24. The van der Waals surface area contributed by atoms with Crippen LogP contribution in [-0.4, -0.2) is 34.6 Å². The fourth-order valence-corrected chi connectivity index (χ4v) is 2.42. The molecule has 0 spiro atoms. The van der Waals surface area contributed by atoms with Gasteiger partial charge in [0.2, 0.25) is 0 Å². The molecule has 1 aromatic heterocycles. The molecule has 0 saturated carbocycles. The third-order valence-electron chi connectivity index (χ3n) is 3.19. The maximum atomic E-state index is 8.97. The second-order valence-corrected chi connectivity index (χ2v) is 4.55. The Balaban J connectivity index is 2.06. The van der Waals surface area contributed by atoms with Crippen LogP contribution in [0.2, 0.25) is 0 Å². The van der Waals surface area contributed by atoms with E-state index in [0.29, 0.717) is 5.92 Å². The Hall–Kier alpha value is -1.23. The minimum absolute atomic E-state index is 0.274. The Bertz CT molecular complexity index is 348. The van der Waals surface area contributed by atoms with Crippen molar-refractivity contribution in [2.45, 2.75) is 19.3 Å². The van der Waals surface area contributed by atoms with Crippen molar-refractivity contribution in [3.05, 3.63) is 6.20 Å². The molecule has 1 aromatic rings. The van der Waals surface area contributed by atoms with Crippen molar-refractivity contribution in [1.29, 1.82) is 0 Å². The van der Waals surface area contributed by atoms with Gasteiger partial charge in [-0.2, -0.15) is 5.10 Å². The zero-order valence-corrected chi connectivity index (χ0v) is 9.76. The molecule has 0 radical (unpaired) electrons. The van der Waals surface area contributed by atoms with Crippen LogP contribution in [0.3, 0.4) is 0 Å². The monoisotopic (exact) mass is 224 g/mol. The molecule has 0 aliphatic carbocycles. The van der Waals surface area contributed by atoms with Crippen molar-refractivity contribution in [2.75, 3.05) is 30.3 Å². The van der Waals surface area contributed by atoms with E-state index in [1.807, 2.05) is 13.2 Å². The maximum Gasteiger partial charge on any atom is 0.173 e. The first-order valence-electron chi connectivity index (χ1n) is 5.85. The molecule has 1 aliphatic heterocycles. The summed E-state index contributed by atoms with van der Waals surface area (Å²) in [5.74, 6) is 1.46. The number of aryl methyl sites for hydroxylation is 1. The van der Waals surface area contributed by atoms with Crippen LogP contribution in [0.5, 0.6) is 0 Å². The smallest absolute Gasteiger partial charge is 0.173 e. The lowest BCUT2D eigenvalue weighted by Crippen LogP contribution is -2.36. The van der Waals surface area contributed by atoms with Gasteiger partial charge < -0.3 is 15.7 Å². The highest BCUT2D eigenvalue weighted by Crippen LogP contribution is 2.27. The molecule has 0 bridgehead atoms. The number of piperidine rings is 1. The summed E-state index contributed by atoms with van der Waals surface area (Å²) in [6, 6.07) is 0. The molecular formula is C11H20N4O. The second-order valence-electron chi connectivity index (χ2n) is 4.55. The van der Waals surface area contributed by atoms with Crippen LogP contribution in [0.1, 0.15) is 19.3 Å². The highest BCUT2D eigenvalue weighted by molar-refractivity contribution is 5.61. The minimum atomic E-state index is 0.274. The van der Waals surface area contributed by atoms with E-state index in [2.05, 4.69) is 10.00 Å². The van der Waals surface area contributed by atoms with Crippen molar-refractivity contribution in [3.8, 4) is 0 Å².